The fourth-order valence-electron chi connectivity index (χ4n) is 2.41. The Kier molecular flexibility index (Phi) is 5.87. The smallest absolute Gasteiger partial charge is 0.222 e. The Bertz CT molecular complexity index is 439. The number of ether oxygens (including phenoxy) is 2. The number of benzene rings is 1. The van der Waals surface area contributed by atoms with Gasteiger partial charge in [-0.2, -0.15) is 0 Å². The van der Waals surface area contributed by atoms with E-state index in [-0.39, 0.29) is 5.91 Å². The molecular weight excluding hydrogens is 268 g/mol. The van der Waals surface area contributed by atoms with Crippen molar-refractivity contribution < 1.29 is 14.3 Å². The Morgan fingerprint density at radius 2 is 1.71 bits per heavy atom. The molecule has 0 N–H and O–H groups in total. The Hall–Kier alpha value is -1.75. The Morgan fingerprint density at radius 3 is 2.29 bits per heavy atom. The summed E-state index contributed by atoms with van der Waals surface area (Å²) in [5.74, 6) is 1.94. The summed E-state index contributed by atoms with van der Waals surface area (Å²) in [4.78, 5) is 15.9. The maximum absolute atomic E-state index is 11.6. The second kappa shape index (κ2) is 7.88. The highest BCUT2D eigenvalue weighted by molar-refractivity contribution is 5.75. The molecule has 1 heterocycles. The van der Waals surface area contributed by atoms with E-state index < -0.39 is 0 Å². The molecular formula is C16H24N2O3. The Labute approximate surface area is 126 Å². The number of rotatable bonds is 6. The molecule has 0 atom stereocenters. The third-order valence-corrected chi connectivity index (χ3v) is 3.76. The molecule has 2 rings (SSSR count). The average molecular weight is 292 g/mol. The predicted molar refractivity (Wildman–Crippen MR) is 81.8 cm³/mol. The summed E-state index contributed by atoms with van der Waals surface area (Å²) in [6.07, 6.45) is 0.598. The molecule has 0 radical (unpaired) electrons. The topological polar surface area (TPSA) is 42.0 Å². The van der Waals surface area contributed by atoms with Crippen LogP contribution in [0, 0.1) is 0 Å². The third-order valence-electron chi connectivity index (χ3n) is 3.76. The second-order valence-electron chi connectivity index (χ2n) is 5.10. The van der Waals surface area contributed by atoms with Crippen molar-refractivity contribution >= 4 is 5.91 Å². The van der Waals surface area contributed by atoms with Crippen molar-refractivity contribution in [3.8, 4) is 11.5 Å². The molecule has 5 heteroatoms. The van der Waals surface area contributed by atoms with Gasteiger partial charge < -0.3 is 14.4 Å². The van der Waals surface area contributed by atoms with Crippen LogP contribution in [0.5, 0.6) is 11.5 Å². The van der Waals surface area contributed by atoms with Gasteiger partial charge in [-0.25, -0.2) is 0 Å². The van der Waals surface area contributed by atoms with Crippen molar-refractivity contribution in [1.29, 1.82) is 0 Å². The van der Waals surface area contributed by atoms with E-state index in [1.165, 1.54) is 0 Å². The molecule has 0 bridgehead atoms. The zero-order chi connectivity index (χ0) is 15.1. The molecule has 1 amide bonds. The minimum Gasteiger partial charge on any atom is -0.497 e. The molecule has 0 aromatic heterocycles. The van der Waals surface area contributed by atoms with E-state index in [2.05, 4.69) is 4.90 Å². The summed E-state index contributed by atoms with van der Waals surface area (Å²) < 4.78 is 10.8. The van der Waals surface area contributed by atoms with Crippen molar-refractivity contribution in [2.24, 2.45) is 0 Å². The van der Waals surface area contributed by atoms with E-state index in [0.29, 0.717) is 13.0 Å². The third kappa shape index (κ3) is 4.63. The van der Waals surface area contributed by atoms with Gasteiger partial charge >= 0.3 is 0 Å². The molecule has 1 aliphatic heterocycles. The van der Waals surface area contributed by atoms with Crippen molar-refractivity contribution in [2.75, 3.05) is 46.4 Å². The van der Waals surface area contributed by atoms with Crippen molar-refractivity contribution in [2.45, 2.75) is 13.3 Å². The monoisotopic (exact) mass is 292 g/mol. The summed E-state index contributed by atoms with van der Waals surface area (Å²) in [6.45, 7) is 6.98. The van der Waals surface area contributed by atoms with Gasteiger partial charge in [-0.15, -0.1) is 0 Å². The minimum atomic E-state index is 0.254. The van der Waals surface area contributed by atoms with Gasteiger partial charge in [-0.1, -0.05) is 6.92 Å². The van der Waals surface area contributed by atoms with E-state index >= 15 is 0 Å². The molecule has 0 unspecified atom stereocenters. The van der Waals surface area contributed by atoms with Crippen molar-refractivity contribution in [3.63, 3.8) is 0 Å². The van der Waals surface area contributed by atoms with Crippen molar-refractivity contribution in [3.05, 3.63) is 24.3 Å². The molecule has 0 aliphatic carbocycles. The van der Waals surface area contributed by atoms with E-state index in [9.17, 15) is 4.79 Å². The van der Waals surface area contributed by atoms with Crippen LogP contribution >= 0.6 is 0 Å². The van der Waals surface area contributed by atoms with Gasteiger partial charge in [0.05, 0.1) is 7.11 Å². The predicted octanol–water partition coefficient (Wildman–Crippen LogP) is 1.63. The summed E-state index contributed by atoms with van der Waals surface area (Å²) in [5, 5.41) is 0. The van der Waals surface area contributed by atoms with Crippen LogP contribution in [0.2, 0.25) is 0 Å². The molecule has 116 valence electrons. The van der Waals surface area contributed by atoms with Gasteiger partial charge in [0.25, 0.3) is 0 Å². The first-order valence-electron chi connectivity index (χ1n) is 7.50. The fraction of sp³-hybridized carbons (Fsp3) is 0.562. The zero-order valence-electron chi connectivity index (χ0n) is 12.9. The largest absolute Gasteiger partial charge is 0.497 e. The molecule has 0 saturated carbocycles. The van der Waals surface area contributed by atoms with E-state index in [1.54, 1.807) is 7.11 Å². The van der Waals surface area contributed by atoms with Gasteiger partial charge in [0, 0.05) is 39.1 Å². The van der Waals surface area contributed by atoms with E-state index in [1.807, 2.05) is 36.1 Å². The van der Waals surface area contributed by atoms with Crippen LogP contribution in [0.4, 0.5) is 0 Å². The standard InChI is InChI=1S/C16H24N2O3/c1-3-16(19)18-10-8-17(9-11-18)12-13-21-15-6-4-14(20-2)5-7-15/h4-7H,3,8-13H2,1-2H3. The number of hydrogen-bond donors (Lipinski definition) is 0. The van der Waals surface area contributed by atoms with Crippen LogP contribution in [0.15, 0.2) is 24.3 Å². The number of amides is 1. The first-order chi connectivity index (χ1) is 10.2. The van der Waals surface area contributed by atoms with Crippen molar-refractivity contribution in [1.82, 2.24) is 9.80 Å². The maximum Gasteiger partial charge on any atom is 0.222 e. The van der Waals surface area contributed by atoms with E-state index in [0.717, 1.165) is 44.2 Å². The Balaban J connectivity index is 1.66. The van der Waals surface area contributed by atoms with Crippen LogP contribution in [-0.2, 0) is 4.79 Å². The minimum absolute atomic E-state index is 0.254. The van der Waals surface area contributed by atoms with Gasteiger partial charge in [0.2, 0.25) is 5.91 Å². The van der Waals surface area contributed by atoms with Gasteiger partial charge in [-0.05, 0) is 24.3 Å². The first kappa shape index (κ1) is 15.6. The molecule has 1 fully saturated rings. The lowest BCUT2D eigenvalue weighted by Crippen LogP contribution is -2.49. The van der Waals surface area contributed by atoms with Crippen LogP contribution < -0.4 is 9.47 Å². The first-order valence-corrected chi connectivity index (χ1v) is 7.50. The molecule has 1 saturated heterocycles. The fourth-order valence-corrected chi connectivity index (χ4v) is 2.41. The van der Waals surface area contributed by atoms with Gasteiger partial charge in [0.15, 0.2) is 0 Å². The van der Waals surface area contributed by atoms with Crippen LogP contribution in [-0.4, -0.2) is 62.1 Å². The van der Waals surface area contributed by atoms with Gasteiger partial charge in [-0.3, -0.25) is 9.69 Å². The zero-order valence-corrected chi connectivity index (χ0v) is 12.9. The molecule has 1 aromatic rings. The molecule has 5 nitrogen and oxygen atoms in total. The average Bonchev–Trinajstić information content (AvgIpc) is 2.55. The number of carbonyl (C=O) groups excluding carboxylic acids is 1. The van der Waals surface area contributed by atoms with E-state index in [4.69, 9.17) is 9.47 Å². The lowest BCUT2D eigenvalue weighted by molar-refractivity contribution is -0.132. The lowest BCUT2D eigenvalue weighted by Gasteiger charge is -2.34. The number of nitrogens with zero attached hydrogens (tertiary/aromatic N) is 2. The Morgan fingerprint density at radius 1 is 1.10 bits per heavy atom. The maximum atomic E-state index is 11.6. The summed E-state index contributed by atoms with van der Waals surface area (Å²) in [6, 6.07) is 7.61. The normalized spacial score (nSPS) is 15.8. The quantitative estimate of drug-likeness (QED) is 0.799. The number of hydrogen-bond acceptors (Lipinski definition) is 4. The second-order valence-corrected chi connectivity index (χ2v) is 5.10. The summed E-state index contributed by atoms with van der Waals surface area (Å²) in [7, 11) is 1.65. The van der Waals surface area contributed by atoms with Crippen LogP contribution in [0.25, 0.3) is 0 Å². The lowest BCUT2D eigenvalue weighted by atomic mass is 10.3. The van der Waals surface area contributed by atoms with Gasteiger partial charge in [0.1, 0.15) is 18.1 Å². The van der Waals surface area contributed by atoms with Crippen LogP contribution in [0.3, 0.4) is 0 Å². The highest BCUT2D eigenvalue weighted by Gasteiger charge is 2.19. The molecule has 21 heavy (non-hydrogen) atoms. The summed E-state index contributed by atoms with van der Waals surface area (Å²) in [5.41, 5.74) is 0. The number of piperazine rings is 1. The molecule has 1 aromatic carbocycles. The highest BCUT2D eigenvalue weighted by Crippen LogP contribution is 2.16. The highest BCUT2D eigenvalue weighted by atomic mass is 16.5. The number of methoxy groups -OCH3 is 1. The summed E-state index contributed by atoms with van der Waals surface area (Å²) >= 11 is 0. The van der Waals surface area contributed by atoms with Crippen LogP contribution in [0.1, 0.15) is 13.3 Å². The number of carbonyl (C=O) groups is 1. The molecule has 0 spiro atoms. The SMILES string of the molecule is CCC(=O)N1CCN(CCOc2ccc(OC)cc2)CC1. The molecule has 1 aliphatic rings.